The predicted molar refractivity (Wildman–Crippen MR) is 277 cm³/mol. The van der Waals surface area contributed by atoms with Gasteiger partial charge in [0.2, 0.25) is 0 Å². The summed E-state index contributed by atoms with van der Waals surface area (Å²) in [5, 5.41) is 0. The fourth-order valence-electron chi connectivity index (χ4n) is 8.63. The van der Waals surface area contributed by atoms with Gasteiger partial charge in [-0.05, 0) is 83.8 Å². The van der Waals surface area contributed by atoms with Gasteiger partial charge in [-0.15, -0.1) is 0 Å². The van der Waals surface area contributed by atoms with E-state index in [9.17, 15) is 24.0 Å². The summed E-state index contributed by atoms with van der Waals surface area (Å²) in [6.45, 7) is 11.1. The average Bonchev–Trinajstić information content (AvgIpc) is 3.31. The smallest absolute Gasteiger partial charge is 0.306 e. The maximum absolute atomic E-state index is 13.7. The van der Waals surface area contributed by atoms with Gasteiger partial charge in [0.1, 0.15) is 31.8 Å². The maximum Gasteiger partial charge on any atom is 0.306 e. The Morgan fingerprint density at radius 3 is 1.03 bits per heavy atom. The number of nitrogens with zero attached hydrogens (tertiary/aromatic N) is 1. The third-order valence-electron chi connectivity index (χ3n) is 13.2. The van der Waals surface area contributed by atoms with E-state index in [1.807, 2.05) is 19.0 Å². The summed E-state index contributed by atoms with van der Waals surface area (Å²) in [6.07, 6.45) is 33.9. The van der Waals surface area contributed by atoms with Gasteiger partial charge in [0.25, 0.3) is 0 Å². The van der Waals surface area contributed by atoms with E-state index < -0.39 is 17.4 Å². The highest BCUT2D eigenvalue weighted by Crippen LogP contribution is 2.27. The largest absolute Gasteiger partial charge is 0.466 e. The summed E-state index contributed by atoms with van der Waals surface area (Å²) in [4.78, 5) is 68.3. The van der Waals surface area contributed by atoms with E-state index in [-0.39, 0.29) is 88.3 Å². The molecule has 0 aliphatic heterocycles. The van der Waals surface area contributed by atoms with Crippen molar-refractivity contribution in [2.75, 3.05) is 53.7 Å². The number of ether oxygens (including phenoxy) is 5. The Balaban J connectivity index is 6.06. The molecule has 0 radical (unpaired) electrons. The molecule has 0 bridgehead atoms. The van der Waals surface area contributed by atoms with Crippen LogP contribution in [-0.2, 0) is 47.7 Å². The van der Waals surface area contributed by atoms with Gasteiger partial charge < -0.3 is 28.6 Å². The average molecular weight is 966 g/mol. The highest BCUT2D eigenvalue weighted by molar-refractivity contribution is 5.72. The van der Waals surface area contributed by atoms with E-state index in [4.69, 9.17) is 23.7 Å². The van der Waals surface area contributed by atoms with E-state index in [1.54, 1.807) is 0 Å². The zero-order valence-electron chi connectivity index (χ0n) is 45.4. The quantitative estimate of drug-likeness (QED) is 0.0327. The zero-order valence-corrected chi connectivity index (χ0v) is 45.4. The van der Waals surface area contributed by atoms with Crippen molar-refractivity contribution in [3.63, 3.8) is 0 Å². The molecule has 0 spiro atoms. The summed E-state index contributed by atoms with van der Waals surface area (Å²) in [5.41, 5.74) is -1.31. The van der Waals surface area contributed by atoms with Gasteiger partial charge in [-0.25, -0.2) is 0 Å². The molecule has 0 heterocycles. The molecule has 0 rings (SSSR count). The summed E-state index contributed by atoms with van der Waals surface area (Å²) in [5.74, 6) is -1.49. The Labute approximate surface area is 417 Å². The van der Waals surface area contributed by atoms with Crippen molar-refractivity contribution in [1.82, 2.24) is 4.90 Å². The van der Waals surface area contributed by atoms with Crippen molar-refractivity contribution in [2.45, 2.75) is 266 Å². The van der Waals surface area contributed by atoms with Crippen LogP contribution in [-0.4, -0.2) is 88.4 Å². The molecule has 11 heteroatoms. The molecular weight excluding hydrogens is 859 g/mol. The zero-order chi connectivity index (χ0) is 50.4. The summed E-state index contributed by atoms with van der Waals surface area (Å²) in [6, 6.07) is 0. The molecule has 0 aromatic carbocycles. The van der Waals surface area contributed by atoms with Crippen LogP contribution in [0.5, 0.6) is 0 Å². The molecule has 0 aliphatic carbocycles. The normalized spacial score (nSPS) is 13.2. The van der Waals surface area contributed by atoms with Crippen molar-refractivity contribution >= 4 is 29.8 Å². The molecular formula is C57H107NO10. The molecule has 400 valence electrons. The Hall–Kier alpha value is -2.69. The monoisotopic (exact) mass is 966 g/mol. The summed E-state index contributed by atoms with van der Waals surface area (Å²) >= 11 is 0. The van der Waals surface area contributed by atoms with Crippen molar-refractivity contribution < 1.29 is 47.7 Å². The van der Waals surface area contributed by atoms with Gasteiger partial charge in [0.05, 0.1) is 6.61 Å². The van der Waals surface area contributed by atoms with Crippen LogP contribution in [0.4, 0.5) is 0 Å². The molecule has 0 amide bonds. The minimum Gasteiger partial charge on any atom is -0.466 e. The molecule has 0 saturated carbocycles. The minimum absolute atomic E-state index is 0.0701. The first kappa shape index (κ1) is 65.3. The predicted octanol–water partition coefficient (Wildman–Crippen LogP) is 14.6. The van der Waals surface area contributed by atoms with Crippen molar-refractivity contribution in [1.29, 1.82) is 0 Å². The van der Waals surface area contributed by atoms with Crippen LogP contribution in [0.15, 0.2) is 0 Å². The van der Waals surface area contributed by atoms with E-state index in [0.29, 0.717) is 32.4 Å². The Morgan fingerprint density at radius 2 is 0.647 bits per heavy atom. The standard InChI is InChI=1S/C57H107NO10/c1-8-13-18-21-22-23-26-33-43-64-52(59)39-31-32-40-53(60)65-46-57(47-66-54(61)41-34-42-58(6)7,48-67-55(62)44-50(35-27-16-11-4)37-29-24-19-14-9-2)49-68-56(63)45-51(36-28-17-12-5)38-30-25-20-15-10-3/h50-51H,8-49H2,1-7H3. The second-order valence-electron chi connectivity index (χ2n) is 20.5. The first-order valence-corrected chi connectivity index (χ1v) is 28.4. The van der Waals surface area contributed by atoms with Gasteiger partial charge in [-0.3, -0.25) is 24.0 Å². The molecule has 2 unspecified atom stereocenters. The van der Waals surface area contributed by atoms with Crippen molar-refractivity contribution in [2.24, 2.45) is 17.3 Å². The van der Waals surface area contributed by atoms with Crippen LogP contribution in [0, 0.1) is 17.3 Å². The molecule has 0 aromatic rings. The van der Waals surface area contributed by atoms with Gasteiger partial charge >= 0.3 is 29.8 Å². The molecule has 0 N–H and O–H groups in total. The number of esters is 5. The number of hydrogen-bond donors (Lipinski definition) is 0. The topological polar surface area (TPSA) is 135 Å². The van der Waals surface area contributed by atoms with Gasteiger partial charge in [-0.2, -0.15) is 0 Å². The Kier molecular flexibility index (Phi) is 44.8. The van der Waals surface area contributed by atoms with Crippen LogP contribution in [0.2, 0.25) is 0 Å². The van der Waals surface area contributed by atoms with Crippen LogP contribution >= 0.6 is 0 Å². The van der Waals surface area contributed by atoms with Crippen LogP contribution in [0.1, 0.15) is 266 Å². The van der Waals surface area contributed by atoms with Gasteiger partial charge in [0.15, 0.2) is 0 Å². The maximum atomic E-state index is 13.7. The molecule has 0 saturated heterocycles. The van der Waals surface area contributed by atoms with E-state index in [2.05, 4.69) is 34.6 Å². The minimum atomic E-state index is -1.31. The lowest BCUT2D eigenvalue weighted by molar-refractivity contribution is -0.171. The van der Waals surface area contributed by atoms with Gasteiger partial charge in [-0.1, -0.05) is 182 Å². The first-order valence-electron chi connectivity index (χ1n) is 28.4. The molecule has 68 heavy (non-hydrogen) atoms. The third-order valence-corrected chi connectivity index (χ3v) is 13.2. The molecule has 0 fully saturated rings. The van der Waals surface area contributed by atoms with E-state index >= 15 is 0 Å². The van der Waals surface area contributed by atoms with Crippen LogP contribution in [0.3, 0.4) is 0 Å². The first-order chi connectivity index (χ1) is 32.9. The molecule has 0 aromatic heterocycles. The number of carbonyl (C=O) groups excluding carboxylic acids is 5. The Morgan fingerprint density at radius 1 is 0.353 bits per heavy atom. The van der Waals surface area contributed by atoms with E-state index in [1.165, 1.54) is 70.6 Å². The van der Waals surface area contributed by atoms with Crippen molar-refractivity contribution in [3.05, 3.63) is 0 Å². The fraction of sp³-hybridized carbons (Fsp3) is 0.912. The van der Waals surface area contributed by atoms with Crippen molar-refractivity contribution in [3.8, 4) is 0 Å². The lowest BCUT2D eigenvalue weighted by atomic mass is 9.90. The highest BCUT2D eigenvalue weighted by atomic mass is 16.6. The van der Waals surface area contributed by atoms with E-state index in [0.717, 1.165) is 109 Å². The third kappa shape index (κ3) is 41.1. The SMILES string of the molecule is CCCCCCCCCCOC(=O)CCCCC(=O)OCC(COC(=O)CCCN(C)C)(COC(=O)CC(CCCCC)CCCCCCC)COC(=O)CC(CCCCC)CCCCCCC. The number of hydrogen-bond acceptors (Lipinski definition) is 11. The Bertz CT molecular complexity index is 1180. The number of rotatable bonds is 50. The van der Waals surface area contributed by atoms with Gasteiger partial charge in [0, 0.05) is 32.1 Å². The molecule has 0 aliphatic rings. The summed E-state index contributed by atoms with van der Waals surface area (Å²) < 4.78 is 29.3. The lowest BCUT2D eigenvalue weighted by Gasteiger charge is -2.32. The lowest BCUT2D eigenvalue weighted by Crippen LogP contribution is -2.44. The number of carbonyl (C=O) groups is 5. The molecule has 2 atom stereocenters. The summed E-state index contributed by atoms with van der Waals surface area (Å²) in [7, 11) is 3.89. The van der Waals surface area contributed by atoms with Crippen LogP contribution in [0.25, 0.3) is 0 Å². The fourth-order valence-corrected chi connectivity index (χ4v) is 8.63. The second-order valence-corrected chi connectivity index (χ2v) is 20.5. The second kappa shape index (κ2) is 46.7. The van der Waals surface area contributed by atoms with Crippen LogP contribution < -0.4 is 0 Å². The highest BCUT2D eigenvalue weighted by Gasteiger charge is 2.38. The molecule has 11 nitrogen and oxygen atoms in total. The number of unbranched alkanes of at least 4 members (excludes halogenated alkanes) is 20.